The lowest BCUT2D eigenvalue weighted by Gasteiger charge is -2.06. The maximum absolute atomic E-state index is 11.2. The van der Waals surface area contributed by atoms with Gasteiger partial charge in [0.1, 0.15) is 5.75 Å². The van der Waals surface area contributed by atoms with Crippen molar-refractivity contribution in [1.29, 1.82) is 0 Å². The average molecular weight is 224 g/mol. The van der Waals surface area contributed by atoms with Crippen molar-refractivity contribution in [3.63, 3.8) is 0 Å². The summed E-state index contributed by atoms with van der Waals surface area (Å²) in [7, 11) is 0. The first-order valence-electron chi connectivity index (χ1n) is 4.59. The van der Waals surface area contributed by atoms with E-state index < -0.39 is 11.9 Å². The molecule has 0 aromatic heterocycles. The summed E-state index contributed by atoms with van der Waals surface area (Å²) < 4.78 is 0. The van der Waals surface area contributed by atoms with Crippen LogP contribution in [0.5, 0.6) is 5.75 Å². The molecule has 16 heavy (non-hydrogen) atoms. The topological polar surface area (TPSA) is 113 Å². The van der Waals surface area contributed by atoms with Crippen LogP contribution in [0.4, 0.5) is 11.4 Å². The lowest BCUT2D eigenvalue weighted by Crippen LogP contribution is -2.13. The highest BCUT2D eigenvalue weighted by Crippen LogP contribution is 2.25. The van der Waals surface area contributed by atoms with Crippen LogP contribution in [0.2, 0.25) is 0 Å². The number of aliphatic carboxylic acids is 1. The van der Waals surface area contributed by atoms with Gasteiger partial charge in [-0.05, 0) is 12.1 Å². The highest BCUT2D eigenvalue weighted by Gasteiger charge is 2.08. The summed E-state index contributed by atoms with van der Waals surface area (Å²) in [6.45, 7) is 0. The predicted molar refractivity (Wildman–Crippen MR) is 58.0 cm³/mol. The molecular formula is C10H12N2O4. The zero-order valence-corrected chi connectivity index (χ0v) is 8.43. The normalized spacial score (nSPS) is 9.75. The first-order chi connectivity index (χ1) is 7.49. The molecule has 1 rings (SSSR count). The molecule has 1 aromatic rings. The van der Waals surface area contributed by atoms with Crippen molar-refractivity contribution < 1.29 is 19.8 Å². The van der Waals surface area contributed by atoms with Gasteiger partial charge in [0.25, 0.3) is 0 Å². The van der Waals surface area contributed by atoms with Crippen LogP contribution in [0.3, 0.4) is 0 Å². The molecule has 0 bridgehead atoms. The van der Waals surface area contributed by atoms with Crippen LogP contribution in [0.25, 0.3) is 0 Å². The molecule has 0 saturated heterocycles. The zero-order chi connectivity index (χ0) is 12.1. The van der Waals surface area contributed by atoms with E-state index in [1.165, 1.54) is 18.2 Å². The van der Waals surface area contributed by atoms with Gasteiger partial charge in [0.15, 0.2) is 0 Å². The van der Waals surface area contributed by atoms with E-state index in [1.54, 1.807) is 0 Å². The van der Waals surface area contributed by atoms with Crippen LogP contribution < -0.4 is 11.1 Å². The van der Waals surface area contributed by atoms with Gasteiger partial charge in [0, 0.05) is 18.2 Å². The van der Waals surface area contributed by atoms with Gasteiger partial charge in [0.2, 0.25) is 5.91 Å². The number of carboxylic acids is 1. The molecule has 0 fully saturated rings. The van der Waals surface area contributed by atoms with Gasteiger partial charge >= 0.3 is 5.97 Å². The van der Waals surface area contributed by atoms with E-state index in [2.05, 4.69) is 5.32 Å². The van der Waals surface area contributed by atoms with Gasteiger partial charge in [-0.25, -0.2) is 0 Å². The number of nitrogens with two attached hydrogens (primary N) is 1. The molecule has 6 heteroatoms. The van der Waals surface area contributed by atoms with Crippen LogP contribution in [-0.2, 0) is 9.59 Å². The van der Waals surface area contributed by atoms with Crippen LogP contribution >= 0.6 is 0 Å². The monoisotopic (exact) mass is 224 g/mol. The summed E-state index contributed by atoms with van der Waals surface area (Å²) in [4.78, 5) is 21.5. The molecule has 5 N–H and O–H groups in total. The van der Waals surface area contributed by atoms with Gasteiger partial charge < -0.3 is 21.3 Å². The van der Waals surface area contributed by atoms with E-state index in [0.717, 1.165) is 0 Å². The third kappa shape index (κ3) is 3.49. The molecule has 6 nitrogen and oxygen atoms in total. The Morgan fingerprint density at radius 1 is 1.31 bits per heavy atom. The summed E-state index contributed by atoms with van der Waals surface area (Å²) in [6.07, 6.45) is -0.388. The zero-order valence-electron chi connectivity index (χ0n) is 8.43. The third-order valence-electron chi connectivity index (χ3n) is 1.86. The number of hydrogen-bond acceptors (Lipinski definition) is 4. The summed E-state index contributed by atoms with van der Waals surface area (Å²) in [6, 6.07) is 4.27. The van der Waals surface area contributed by atoms with E-state index in [4.69, 9.17) is 10.8 Å². The highest BCUT2D eigenvalue weighted by molar-refractivity contribution is 5.93. The Balaban J connectivity index is 2.59. The van der Waals surface area contributed by atoms with Crippen LogP contribution in [0.1, 0.15) is 12.8 Å². The number of anilines is 2. The van der Waals surface area contributed by atoms with Crippen molar-refractivity contribution in [2.45, 2.75) is 12.8 Å². The third-order valence-corrected chi connectivity index (χ3v) is 1.86. The Bertz CT molecular complexity index is 417. The number of phenols is 1. The lowest BCUT2D eigenvalue weighted by atomic mass is 10.2. The van der Waals surface area contributed by atoms with Crippen molar-refractivity contribution in [2.75, 3.05) is 11.1 Å². The number of phenolic OH excluding ortho intramolecular Hbond substituents is 1. The van der Waals surface area contributed by atoms with Crippen molar-refractivity contribution in [3.8, 4) is 5.75 Å². The Morgan fingerprint density at radius 2 is 2.00 bits per heavy atom. The second kappa shape index (κ2) is 5.01. The van der Waals surface area contributed by atoms with Crippen molar-refractivity contribution in [1.82, 2.24) is 0 Å². The molecule has 0 spiro atoms. The Kier molecular flexibility index (Phi) is 3.71. The summed E-state index contributed by atoms with van der Waals surface area (Å²) in [5, 5.41) is 20.2. The number of amides is 1. The lowest BCUT2D eigenvalue weighted by molar-refractivity contribution is -0.138. The highest BCUT2D eigenvalue weighted by atomic mass is 16.4. The maximum Gasteiger partial charge on any atom is 0.303 e. The van der Waals surface area contributed by atoms with E-state index >= 15 is 0 Å². The second-order valence-corrected chi connectivity index (χ2v) is 3.22. The number of carbonyl (C=O) groups excluding carboxylic acids is 1. The van der Waals surface area contributed by atoms with E-state index in [0.29, 0.717) is 5.69 Å². The quantitative estimate of drug-likeness (QED) is 0.446. The second-order valence-electron chi connectivity index (χ2n) is 3.22. The smallest absolute Gasteiger partial charge is 0.303 e. The number of aromatic hydroxyl groups is 1. The number of nitrogen functional groups attached to an aromatic ring is 1. The minimum absolute atomic E-state index is 0.140. The first kappa shape index (κ1) is 11.8. The van der Waals surface area contributed by atoms with E-state index in [-0.39, 0.29) is 24.3 Å². The molecule has 0 atom stereocenters. The van der Waals surface area contributed by atoms with Crippen LogP contribution in [-0.4, -0.2) is 22.1 Å². The van der Waals surface area contributed by atoms with Gasteiger partial charge in [-0.2, -0.15) is 0 Å². The van der Waals surface area contributed by atoms with E-state index in [1.807, 2.05) is 0 Å². The SMILES string of the molecule is Nc1ccc(NC(=O)CCC(=O)O)c(O)c1. The molecule has 1 amide bonds. The number of carbonyl (C=O) groups is 2. The number of rotatable bonds is 4. The van der Waals surface area contributed by atoms with Crippen molar-refractivity contribution in [3.05, 3.63) is 18.2 Å². The fourth-order valence-corrected chi connectivity index (χ4v) is 1.09. The molecule has 0 aliphatic carbocycles. The van der Waals surface area contributed by atoms with Crippen molar-refractivity contribution >= 4 is 23.3 Å². The van der Waals surface area contributed by atoms with Crippen molar-refractivity contribution in [2.24, 2.45) is 0 Å². The average Bonchev–Trinajstić information content (AvgIpc) is 2.19. The summed E-state index contributed by atoms with van der Waals surface area (Å²) in [5.41, 5.74) is 5.99. The predicted octanol–water partition coefficient (Wildman–Crippen LogP) is 0.778. The fraction of sp³-hybridized carbons (Fsp3) is 0.200. The van der Waals surface area contributed by atoms with Gasteiger partial charge in [0.05, 0.1) is 12.1 Å². The molecular weight excluding hydrogens is 212 g/mol. The molecule has 0 heterocycles. The molecule has 0 saturated carbocycles. The van der Waals surface area contributed by atoms with Gasteiger partial charge in [-0.1, -0.05) is 0 Å². The van der Waals surface area contributed by atoms with E-state index in [9.17, 15) is 14.7 Å². The molecule has 0 aliphatic rings. The maximum atomic E-state index is 11.2. The Labute approximate surface area is 91.7 Å². The fourth-order valence-electron chi connectivity index (χ4n) is 1.09. The largest absolute Gasteiger partial charge is 0.506 e. The molecule has 0 aliphatic heterocycles. The number of nitrogens with one attached hydrogen (secondary N) is 1. The number of carboxylic acid groups (broad SMARTS) is 1. The minimum atomic E-state index is -1.04. The number of benzene rings is 1. The Hall–Kier alpha value is -2.24. The van der Waals surface area contributed by atoms with Gasteiger partial charge in [-0.3, -0.25) is 9.59 Å². The molecule has 86 valence electrons. The minimum Gasteiger partial charge on any atom is -0.506 e. The molecule has 0 unspecified atom stereocenters. The molecule has 1 aromatic carbocycles. The van der Waals surface area contributed by atoms with Gasteiger partial charge in [-0.15, -0.1) is 0 Å². The number of hydrogen-bond donors (Lipinski definition) is 4. The summed E-state index contributed by atoms with van der Waals surface area (Å²) in [5.74, 6) is -1.66. The molecule has 0 radical (unpaired) electrons. The van der Waals surface area contributed by atoms with Crippen LogP contribution in [0.15, 0.2) is 18.2 Å². The Morgan fingerprint density at radius 3 is 2.56 bits per heavy atom. The van der Waals surface area contributed by atoms with Crippen LogP contribution in [0, 0.1) is 0 Å². The summed E-state index contributed by atoms with van der Waals surface area (Å²) >= 11 is 0. The first-order valence-corrected chi connectivity index (χ1v) is 4.59. The standard InChI is InChI=1S/C10H12N2O4/c11-6-1-2-7(8(13)5-6)12-9(14)3-4-10(15)16/h1-2,5,13H,3-4,11H2,(H,12,14)(H,15,16).